The van der Waals surface area contributed by atoms with Gasteiger partial charge in [-0.15, -0.1) is 0 Å². The molecule has 5 rings (SSSR count). The van der Waals surface area contributed by atoms with Crippen LogP contribution in [0.4, 0.5) is 8.78 Å². The number of ether oxygens (including phenoxy) is 1. The van der Waals surface area contributed by atoms with Gasteiger partial charge in [0.05, 0.1) is 11.1 Å². The minimum absolute atomic E-state index is 0.144. The normalized spacial score (nSPS) is 21.1. The summed E-state index contributed by atoms with van der Waals surface area (Å²) in [7, 11) is 0. The molecule has 2 aromatic rings. The third-order valence-corrected chi connectivity index (χ3v) is 7.76. The van der Waals surface area contributed by atoms with E-state index >= 15 is 8.78 Å². The molecule has 2 fully saturated rings. The van der Waals surface area contributed by atoms with Gasteiger partial charge in [-0.3, -0.25) is 4.79 Å². The molecule has 1 heterocycles. The van der Waals surface area contributed by atoms with Crippen LogP contribution >= 0.6 is 23.2 Å². The second-order valence-corrected chi connectivity index (χ2v) is 10.9. The van der Waals surface area contributed by atoms with E-state index in [-0.39, 0.29) is 18.9 Å². The molecule has 1 saturated carbocycles. The molecular weight excluding hydrogens is 493 g/mol. The van der Waals surface area contributed by atoms with Gasteiger partial charge in [-0.05, 0) is 99.0 Å². The van der Waals surface area contributed by atoms with Crippen molar-refractivity contribution < 1.29 is 18.3 Å². The molecule has 0 spiro atoms. The minimum Gasteiger partial charge on any atom is -0.489 e. The lowest BCUT2D eigenvalue weighted by atomic mass is 9.96. The first-order valence-corrected chi connectivity index (χ1v) is 13.2. The van der Waals surface area contributed by atoms with Crippen LogP contribution in [0.2, 0.25) is 10.0 Å². The van der Waals surface area contributed by atoms with Gasteiger partial charge < -0.3 is 15.0 Å². The molecule has 8 heteroatoms. The van der Waals surface area contributed by atoms with Gasteiger partial charge in [0, 0.05) is 23.5 Å². The summed E-state index contributed by atoms with van der Waals surface area (Å²) in [5.41, 5.74) is 2.52. The molecule has 0 radical (unpaired) electrons. The molecule has 1 N–H and O–H groups in total. The number of alkyl halides is 2. The van der Waals surface area contributed by atoms with Crippen molar-refractivity contribution in [3.8, 4) is 5.75 Å². The van der Waals surface area contributed by atoms with Crippen LogP contribution in [-0.2, 0) is 24.1 Å². The fraction of sp³-hybridized carbons (Fsp3) is 0.519. The summed E-state index contributed by atoms with van der Waals surface area (Å²) in [5.74, 6) is -5.11. The number of hydrogen-bond acceptors (Lipinski definition) is 3. The summed E-state index contributed by atoms with van der Waals surface area (Å²) in [6.45, 7) is 2.35. The van der Waals surface area contributed by atoms with Crippen molar-refractivity contribution in [3.05, 3.63) is 63.1 Å². The van der Waals surface area contributed by atoms with Crippen LogP contribution in [0.15, 0.2) is 36.4 Å². The molecule has 1 amide bonds. The highest BCUT2D eigenvalue weighted by molar-refractivity contribution is 6.32. The fourth-order valence-electron chi connectivity index (χ4n) is 5.17. The lowest BCUT2D eigenvalue weighted by Gasteiger charge is -2.28. The second-order valence-electron chi connectivity index (χ2n) is 10.1. The molecular formula is C27H30Cl2F2N2O2. The van der Waals surface area contributed by atoms with Crippen LogP contribution in [0, 0.1) is 5.92 Å². The van der Waals surface area contributed by atoms with Crippen molar-refractivity contribution in [1.82, 2.24) is 10.2 Å². The van der Waals surface area contributed by atoms with Gasteiger partial charge in [0.2, 0.25) is 0 Å². The van der Waals surface area contributed by atoms with E-state index in [1.165, 1.54) is 0 Å². The van der Waals surface area contributed by atoms with E-state index in [0.29, 0.717) is 28.8 Å². The highest BCUT2D eigenvalue weighted by atomic mass is 35.5. The van der Waals surface area contributed by atoms with Gasteiger partial charge in [-0.2, -0.15) is 8.78 Å². The first kappa shape index (κ1) is 24.8. The first-order chi connectivity index (χ1) is 16.8. The van der Waals surface area contributed by atoms with Crippen molar-refractivity contribution in [2.24, 2.45) is 5.92 Å². The number of nitrogens with zero attached hydrogens (tertiary/aromatic N) is 1. The van der Waals surface area contributed by atoms with Gasteiger partial charge in [0.1, 0.15) is 5.75 Å². The monoisotopic (exact) mass is 522 g/mol. The summed E-state index contributed by atoms with van der Waals surface area (Å²) in [4.78, 5) is 15.2. The summed E-state index contributed by atoms with van der Waals surface area (Å²) < 4.78 is 36.5. The number of fused-ring (bicyclic) bond motifs is 1. The van der Waals surface area contributed by atoms with E-state index in [2.05, 4.69) is 10.2 Å². The Kier molecular flexibility index (Phi) is 7.25. The Morgan fingerprint density at radius 2 is 1.83 bits per heavy atom. The summed E-state index contributed by atoms with van der Waals surface area (Å²) >= 11 is 12.5. The number of rotatable bonds is 9. The lowest BCUT2D eigenvalue weighted by molar-refractivity contribution is -0.154. The smallest absolute Gasteiger partial charge is 0.327 e. The number of benzene rings is 2. The van der Waals surface area contributed by atoms with Gasteiger partial charge in [0.15, 0.2) is 0 Å². The van der Waals surface area contributed by atoms with Crippen molar-refractivity contribution in [2.45, 2.75) is 63.0 Å². The number of carbonyl (C=O) groups excluding carboxylic acids is 1. The number of halogens is 4. The fourth-order valence-corrected chi connectivity index (χ4v) is 5.61. The van der Waals surface area contributed by atoms with E-state index in [1.807, 2.05) is 18.2 Å². The molecule has 3 aliphatic rings. The zero-order valence-electron chi connectivity index (χ0n) is 19.5. The molecule has 1 aliphatic heterocycles. The Balaban J connectivity index is 1.27. The Bertz CT molecular complexity index is 1090. The van der Waals surface area contributed by atoms with Gasteiger partial charge in [0.25, 0.3) is 5.91 Å². The minimum atomic E-state index is -3.48. The molecule has 1 unspecified atom stereocenters. The molecule has 0 aromatic heterocycles. The van der Waals surface area contributed by atoms with Crippen LogP contribution in [0.25, 0.3) is 0 Å². The quantitative estimate of drug-likeness (QED) is 0.458. The number of likely N-dealkylation sites (tertiary alicyclic amines) is 1. The average Bonchev–Trinajstić information content (AvgIpc) is 3.28. The third kappa shape index (κ3) is 5.92. The standard InChI is InChI=1S/C27H30Cl2F2N2O2/c28-21-5-4-18-13-20(14-19(18)15-21)27(30,31)26(34)32-22(16-33-9-1-2-10-33)11-17-3-8-25(24(29)12-17)35-23-6-7-23/h3-5,8,12,15,20,22-23H,1-2,6-7,9-11,13-14,16H2,(H,32,34)/t20?,22-/m0/s1. The molecule has 188 valence electrons. The maximum atomic E-state index is 15.3. The Hall–Kier alpha value is -1.89. The predicted molar refractivity (Wildman–Crippen MR) is 134 cm³/mol. The van der Waals surface area contributed by atoms with Crippen molar-refractivity contribution in [3.63, 3.8) is 0 Å². The zero-order chi connectivity index (χ0) is 24.6. The van der Waals surface area contributed by atoms with Gasteiger partial charge >= 0.3 is 5.92 Å². The largest absolute Gasteiger partial charge is 0.489 e. The topological polar surface area (TPSA) is 41.6 Å². The van der Waals surface area contributed by atoms with Gasteiger partial charge in [-0.25, -0.2) is 0 Å². The van der Waals surface area contributed by atoms with Crippen molar-refractivity contribution in [1.29, 1.82) is 0 Å². The molecule has 4 nitrogen and oxygen atoms in total. The Morgan fingerprint density at radius 3 is 2.54 bits per heavy atom. The van der Waals surface area contributed by atoms with Gasteiger partial charge in [-0.1, -0.05) is 35.3 Å². The highest BCUT2D eigenvalue weighted by Gasteiger charge is 2.49. The van der Waals surface area contributed by atoms with E-state index in [1.54, 1.807) is 18.2 Å². The van der Waals surface area contributed by atoms with E-state index in [9.17, 15) is 4.79 Å². The average molecular weight is 523 g/mol. The summed E-state index contributed by atoms with van der Waals surface area (Å²) in [6, 6.07) is 10.3. The Morgan fingerprint density at radius 1 is 1.09 bits per heavy atom. The molecule has 2 atom stereocenters. The van der Waals surface area contributed by atoms with Crippen LogP contribution in [0.3, 0.4) is 0 Å². The first-order valence-electron chi connectivity index (χ1n) is 12.4. The third-order valence-electron chi connectivity index (χ3n) is 7.23. The molecule has 2 aliphatic carbocycles. The van der Waals surface area contributed by atoms with Crippen LogP contribution in [0.5, 0.6) is 5.75 Å². The van der Waals surface area contributed by atoms with Crippen molar-refractivity contribution in [2.75, 3.05) is 19.6 Å². The maximum Gasteiger partial charge on any atom is 0.327 e. The zero-order valence-corrected chi connectivity index (χ0v) is 21.1. The summed E-state index contributed by atoms with van der Waals surface area (Å²) in [5, 5.41) is 3.72. The Labute approximate surface area is 214 Å². The molecule has 35 heavy (non-hydrogen) atoms. The highest BCUT2D eigenvalue weighted by Crippen LogP contribution is 2.38. The molecule has 0 bridgehead atoms. The number of amides is 1. The van der Waals surface area contributed by atoms with Crippen LogP contribution < -0.4 is 10.1 Å². The number of hydrogen-bond donors (Lipinski definition) is 1. The van der Waals surface area contributed by atoms with E-state index in [0.717, 1.165) is 55.5 Å². The maximum absolute atomic E-state index is 15.3. The number of nitrogens with one attached hydrogen (secondary N) is 1. The van der Waals surface area contributed by atoms with Crippen LogP contribution in [0.1, 0.15) is 42.4 Å². The predicted octanol–water partition coefficient (Wildman–Crippen LogP) is 5.71. The number of carbonyl (C=O) groups is 1. The SMILES string of the molecule is O=C(N[C@@H](Cc1ccc(OC2CC2)c(Cl)c1)CN1CCCC1)C(F)(F)C1Cc2ccc(Cl)cc2C1. The van der Waals surface area contributed by atoms with E-state index in [4.69, 9.17) is 27.9 Å². The van der Waals surface area contributed by atoms with E-state index < -0.39 is 23.8 Å². The summed E-state index contributed by atoms with van der Waals surface area (Å²) in [6.07, 6.45) is 5.21. The van der Waals surface area contributed by atoms with Crippen molar-refractivity contribution >= 4 is 29.1 Å². The molecule has 2 aromatic carbocycles. The molecule has 1 saturated heterocycles. The lowest BCUT2D eigenvalue weighted by Crippen LogP contribution is -2.52. The van der Waals surface area contributed by atoms with Crippen LogP contribution in [-0.4, -0.2) is 48.5 Å². The second kappa shape index (κ2) is 10.2.